The predicted octanol–water partition coefficient (Wildman–Crippen LogP) is 4.77. The van der Waals surface area contributed by atoms with Gasteiger partial charge in [0, 0.05) is 42.1 Å². The lowest BCUT2D eigenvalue weighted by Crippen LogP contribution is -2.39. The van der Waals surface area contributed by atoms with Crippen molar-refractivity contribution in [1.82, 2.24) is 9.88 Å². The molecule has 0 unspecified atom stereocenters. The van der Waals surface area contributed by atoms with E-state index in [4.69, 9.17) is 26.1 Å². The molecule has 4 rings (SSSR count). The van der Waals surface area contributed by atoms with E-state index in [0.29, 0.717) is 11.6 Å². The first-order chi connectivity index (χ1) is 16.1. The standard InChI is InChI=1S/C25H28ClN3O3S/c1-31-22-8-6-20(7-9-22)23-18-33-25(27-23)29(11-3-10-28-12-14-32-15-13-28)24(30)17-19-4-2-5-21(26)16-19/h2,4-9,16,18H,3,10-15,17H2,1H3. The summed E-state index contributed by atoms with van der Waals surface area (Å²) in [5, 5.41) is 3.35. The Morgan fingerprint density at radius 1 is 1.21 bits per heavy atom. The Morgan fingerprint density at radius 3 is 2.73 bits per heavy atom. The average molecular weight is 486 g/mol. The largest absolute Gasteiger partial charge is 0.497 e. The van der Waals surface area contributed by atoms with Crippen LogP contribution >= 0.6 is 22.9 Å². The summed E-state index contributed by atoms with van der Waals surface area (Å²) in [5.41, 5.74) is 2.75. The van der Waals surface area contributed by atoms with Crippen molar-refractivity contribution in [3.63, 3.8) is 0 Å². The van der Waals surface area contributed by atoms with Gasteiger partial charge in [-0.15, -0.1) is 11.3 Å². The molecule has 0 atom stereocenters. The second-order valence-electron chi connectivity index (χ2n) is 7.90. The molecule has 0 aliphatic carbocycles. The van der Waals surface area contributed by atoms with Crippen LogP contribution in [0.2, 0.25) is 5.02 Å². The number of carbonyl (C=O) groups excluding carboxylic acids is 1. The van der Waals surface area contributed by atoms with Crippen molar-refractivity contribution < 1.29 is 14.3 Å². The van der Waals surface area contributed by atoms with Gasteiger partial charge >= 0.3 is 0 Å². The minimum atomic E-state index is 0.0230. The molecule has 3 aromatic rings. The van der Waals surface area contributed by atoms with Gasteiger partial charge in [-0.25, -0.2) is 4.98 Å². The third-order valence-electron chi connectivity index (χ3n) is 5.61. The van der Waals surface area contributed by atoms with Crippen LogP contribution in [0, 0.1) is 0 Å². The van der Waals surface area contributed by atoms with Gasteiger partial charge in [-0.2, -0.15) is 0 Å². The van der Waals surface area contributed by atoms with E-state index in [-0.39, 0.29) is 12.3 Å². The first kappa shape index (κ1) is 23.7. The van der Waals surface area contributed by atoms with Crippen LogP contribution in [-0.4, -0.2) is 62.3 Å². The number of ether oxygens (including phenoxy) is 2. The summed E-state index contributed by atoms with van der Waals surface area (Å²) in [6, 6.07) is 15.3. The Kier molecular flexibility index (Phi) is 8.34. The van der Waals surface area contributed by atoms with Crippen LogP contribution in [-0.2, 0) is 16.0 Å². The average Bonchev–Trinajstić information content (AvgIpc) is 3.32. The zero-order valence-electron chi connectivity index (χ0n) is 18.7. The number of anilines is 1. The Hall–Kier alpha value is -2.45. The van der Waals surface area contributed by atoms with Gasteiger partial charge in [0.05, 0.1) is 32.4 Å². The number of hydrogen-bond acceptors (Lipinski definition) is 6. The first-order valence-electron chi connectivity index (χ1n) is 11.1. The number of thiazole rings is 1. The Balaban J connectivity index is 1.49. The van der Waals surface area contributed by atoms with Gasteiger partial charge < -0.3 is 9.47 Å². The van der Waals surface area contributed by atoms with Crippen molar-refractivity contribution in [3.8, 4) is 17.0 Å². The zero-order chi connectivity index (χ0) is 23.0. The number of halogens is 1. The van der Waals surface area contributed by atoms with Crippen LogP contribution in [0.3, 0.4) is 0 Å². The topological polar surface area (TPSA) is 54.9 Å². The van der Waals surface area contributed by atoms with E-state index < -0.39 is 0 Å². The Labute approximate surface area is 203 Å². The summed E-state index contributed by atoms with van der Waals surface area (Å²) in [4.78, 5) is 22.3. The number of nitrogens with zero attached hydrogens (tertiary/aromatic N) is 3. The molecule has 2 aromatic carbocycles. The van der Waals surface area contributed by atoms with Gasteiger partial charge in [0.15, 0.2) is 5.13 Å². The van der Waals surface area contributed by atoms with E-state index >= 15 is 0 Å². The van der Waals surface area contributed by atoms with Gasteiger partial charge in [-0.05, 0) is 48.4 Å². The fraction of sp³-hybridized carbons (Fsp3) is 0.360. The second-order valence-corrected chi connectivity index (χ2v) is 9.18. The molecule has 2 heterocycles. The molecule has 0 N–H and O–H groups in total. The van der Waals surface area contributed by atoms with Crippen molar-refractivity contribution in [2.24, 2.45) is 0 Å². The van der Waals surface area contributed by atoms with Gasteiger partial charge in [0.25, 0.3) is 0 Å². The Morgan fingerprint density at radius 2 is 2.00 bits per heavy atom. The van der Waals surface area contributed by atoms with Crippen molar-refractivity contribution in [2.45, 2.75) is 12.8 Å². The molecule has 0 bridgehead atoms. The molecule has 1 saturated heterocycles. The minimum absolute atomic E-state index is 0.0230. The number of methoxy groups -OCH3 is 1. The fourth-order valence-electron chi connectivity index (χ4n) is 3.80. The normalized spacial score (nSPS) is 14.2. The minimum Gasteiger partial charge on any atom is -0.497 e. The highest BCUT2D eigenvalue weighted by atomic mass is 35.5. The molecule has 0 radical (unpaired) electrons. The highest BCUT2D eigenvalue weighted by Gasteiger charge is 2.21. The summed E-state index contributed by atoms with van der Waals surface area (Å²) >= 11 is 7.62. The van der Waals surface area contributed by atoms with Gasteiger partial charge in [-0.3, -0.25) is 14.6 Å². The van der Waals surface area contributed by atoms with Crippen LogP contribution in [0.5, 0.6) is 5.75 Å². The second kappa shape index (κ2) is 11.6. The monoisotopic (exact) mass is 485 g/mol. The summed E-state index contributed by atoms with van der Waals surface area (Å²) in [7, 11) is 1.65. The van der Waals surface area contributed by atoms with Crippen molar-refractivity contribution in [2.75, 3.05) is 51.4 Å². The van der Waals surface area contributed by atoms with E-state index in [2.05, 4.69) is 4.90 Å². The van der Waals surface area contributed by atoms with Crippen LogP contribution < -0.4 is 9.64 Å². The number of benzene rings is 2. The number of amides is 1. The number of aromatic nitrogens is 1. The predicted molar refractivity (Wildman–Crippen MR) is 133 cm³/mol. The highest BCUT2D eigenvalue weighted by molar-refractivity contribution is 7.14. The van der Waals surface area contributed by atoms with Crippen LogP contribution in [0.1, 0.15) is 12.0 Å². The van der Waals surface area contributed by atoms with Crippen molar-refractivity contribution in [1.29, 1.82) is 0 Å². The molecule has 1 amide bonds. The van der Waals surface area contributed by atoms with Crippen molar-refractivity contribution >= 4 is 34.0 Å². The van der Waals surface area contributed by atoms with Crippen molar-refractivity contribution in [3.05, 3.63) is 64.5 Å². The van der Waals surface area contributed by atoms with Crippen LogP contribution in [0.4, 0.5) is 5.13 Å². The van der Waals surface area contributed by atoms with E-state index in [9.17, 15) is 4.79 Å². The molecule has 1 aliphatic heterocycles. The summed E-state index contributed by atoms with van der Waals surface area (Å²) in [5.74, 6) is 0.825. The lowest BCUT2D eigenvalue weighted by Gasteiger charge is -2.27. The highest BCUT2D eigenvalue weighted by Crippen LogP contribution is 2.29. The maximum absolute atomic E-state index is 13.3. The number of carbonyl (C=O) groups is 1. The van der Waals surface area contributed by atoms with E-state index in [0.717, 1.165) is 67.0 Å². The maximum Gasteiger partial charge on any atom is 0.233 e. The molecule has 6 nitrogen and oxygen atoms in total. The fourth-order valence-corrected chi connectivity index (χ4v) is 4.89. The summed E-state index contributed by atoms with van der Waals surface area (Å²) in [6.07, 6.45) is 1.16. The number of hydrogen-bond donors (Lipinski definition) is 0. The lowest BCUT2D eigenvalue weighted by atomic mass is 10.1. The van der Waals surface area contributed by atoms with Crippen LogP contribution in [0.25, 0.3) is 11.3 Å². The molecule has 0 spiro atoms. The van der Waals surface area contributed by atoms with Gasteiger partial charge in [0.1, 0.15) is 5.75 Å². The molecule has 1 aromatic heterocycles. The van der Waals surface area contributed by atoms with Gasteiger partial charge in [0.2, 0.25) is 5.91 Å². The quantitative estimate of drug-likeness (QED) is 0.437. The SMILES string of the molecule is COc1ccc(-c2csc(N(CCCN3CCOCC3)C(=O)Cc3cccc(Cl)c3)n2)cc1. The van der Waals surface area contributed by atoms with E-state index in [1.807, 2.05) is 58.8 Å². The number of morpholine rings is 1. The molecule has 1 aliphatic rings. The van der Waals surface area contributed by atoms with E-state index in [1.54, 1.807) is 7.11 Å². The molecular weight excluding hydrogens is 458 g/mol. The third kappa shape index (κ3) is 6.54. The summed E-state index contributed by atoms with van der Waals surface area (Å²) in [6.45, 7) is 4.97. The zero-order valence-corrected chi connectivity index (χ0v) is 20.3. The molecule has 8 heteroatoms. The smallest absolute Gasteiger partial charge is 0.233 e. The Bertz CT molecular complexity index is 1050. The molecule has 0 saturated carbocycles. The molecule has 33 heavy (non-hydrogen) atoms. The first-order valence-corrected chi connectivity index (χ1v) is 12.3. The third-order valence-corrected chi connectivity index (χ3v) is 6.71. The number of rotatable bonds is 9. The van der Waals surface area contributed by atoms with E-state index in [1.165, 1.54) is 11.3 Å². The summed E-state index contributed by atoms with van der Waals surface area (Å²) < 4.78 is 10.7. The van der Waals surface area contributed by atoms with Gasteiger partial charge in [-0.1, -0.05) is 23.7 Å². The maximum atomic E-state index is 13.3. The molecular formula is C25H28ClN3O3S. The molecule has 174 valence electrons. The molecule has 1 fully saturated rings. The van der Waals surface area contributed by atoms with Crippen LogP contribution in [0.15, 0.2) is 53.9 Å². The lowest BCUT2D eigenvalue weighted by molar-refractivity contribution is -0.118.